The van der Waals surface area contributed by atoms with Crippen LogP contribution in [0, 0.1) is 23.3 Å². The van der Waals surface area contributed by atoms with Crippen LogP contribution in [-0.4, -0.2) is 11.0 Å². The van der Waals surface area contributed by atoms with Crippen molar-refractivity contribution in [3.05, 3.63) is 63.6 Å². The summed E-state index contributed by atoms with van der Waals surface area (Å²) in [4.78, 5) is 24.4. The molecule has 1 aromatic carbocycles. The largest absolute Gasteiger partial charge is 0.416 e. The van der Waals surface area contributed by atoms with E-state index in [1.807, 2.05) is 0 Å². The number of aromatic nitrogens is 1. The Kier molecular flexibility index (Phi) is 3.55. The zero-order valence-electron chi connectivity index (χ0n) is 9.55. The van der Waals surface area contributed by atoms with Crippen LogP contribution in [0.4, 0.5) is 17.6 Å². The predicted molar refractivity (Wildman–Crippen MR) is 58.3 cm³/mol. The topological polar surface area (TPSA) is 59.2 Å². The van der Waals surface area contributed by atoms with Gasteiger partial charge in [0.1, 0.15) is 0 Å². The van der Waals surface area contributed by atoms with E-state index in [0.717, 1.165) is 18.3 Å². The van der Waals surface area contributed by atoms with Crippen molar-refractivity contribution < 1.29 is 27.1 Å². The van der Waals surface area contributed by atoms with Crippen LogP contribution in [0.2, 0.25) is 0 Å². The highest BCUT2D eigenvalue weighted by Gasteiger charge is 2.23. The monoisotopic (exact) mass is 287 g/mol. The maximum atomic E-state index is 13.3. The lowest BCUT2D eigenvalue weighted by atomic mass is 10.2. The molecule has 0 atom stereocenters. The number of nitrogens with one attached hydrogen (secondary N) is 1. The van der Waals surface area contributed by atoms with Gasteiger partial charge in [-0.1, -0.05) is 0 Å². The Morgan fingerprint density at radius 1 is 1.05 bits per heavy atom. The van der Waals surface area contributed by atoms with Crippen LogP contribution in [-0.2, 0) is 0 Å². The number of halogens is 4. The predicted octanol–water partition coefficient (Wildman–Crippen LogP) is 2.15. The third-order valence-electron chi connectivity index (χ3n) is 2.29. The lowest BCUT2D eigenvalue weighted by molar-refractivity contribution is 0.0717. The third kappa shape index (κ3) is 2.53. The van der Waals surface area contributed by atoms with Gasteiger partial charge < -0.3 is 9.72 Å². The summed E-state index contributed by atoms with van der Waals surface area (Å²) in [5.41, 5.74) is -0.774. The van der Waals surface area contributed by atoms with E-state index in [9.17, 15) is 27.2 Å². The molecule has 0 amide bonds. The Morgan fingerprint density at radius 2 is 1.65 bits per heavy atom. The van der Waals surface area contributed by atoms with Crippen LogP contribution in [0.25, 0.3) is 0 Å². The molecule has 0 aliphatic heterocycles. The van der Waals surface area contributed by atoms with Crippen LogP contribution >= 0.6 is 0 Å². The summed E-state index contributed by atoms with van der Waals surface area (Å²) in [5.74, 6) is -9.84. The Hall–Kier alpha value is -2.64. The molecule has 4 nitrogen and oxygen atoms in total. The molecule has 0 radical (unpaired) electrons. The van der Waals surface area contributed by atoms with E-state index in [1.165, 1.54) is 0 Å². The molecule has 1 aromatic heterocycles. The van der Waals surface area contributed by atoms with Gasteiger partial charge in [-0.15, -0.1) is 0 Å². The van der Waals surface area contributed by atoms with Gasteiger partial charge in [0.15, 0.2) is 11.6 Å². The number of rotatable bonds is 2. The molecule has 0 saturated carbocycles. The lowest BCUT2D eigenvalue weighted by Gasteiger charge is -2.07. The van der Waals surface area contributed by atoms with E-state index in [2.05, 4.69) is 9.72 Å². The number of ether oxygens (including phenoxy) is 1. The van der Waals surface area contributed by atoms with Crippen molar-refractivity contribution in [3.8, 4) is 5.75 Å². The summed E-state index contributed by atoms with van der Waals surface area (Å²) >= 11 is 0. The average molecular weight is 287 g/mol. The molecule has 0 spiro atoms. The van der Waals surface area contributed by atoms with Gasteiger partial charge in [-0.3, -0.25) is 4.79 Å². The van der Waals surface area contributed by atoms with E-state index in [0.29, 0.717) is 0 Å². The van der Waals surface area contributed by atoms with Gasteiger partial charge in [0, 0.05) is 18.3 Å². The van der Waals surface area contributed by atoms with Crippen LogP contribution in [0.3, 0.4) is 0 Å². The van der Waals surface area contributed by atoms with E-state index >= 15 is 0 Å². The second kappa shape index (κ2) is 5.16. The third-order valence-corrected chi connectivity index (χ3v) is 2.29. The molecule has 2 aromatic rings. The van der Waals surface area contributed by atoms with Gasteiger partial charge >= 0.3 is 5.97 Å². The Labute approximate surface area is 108 Å². The Bertz CT molecular complexity index is 695. The molecule has 1 N–H and O–H groups in total. The van der Waals surface area contributed by atoms with E-state index in [1.54, 1.807) is 0 Å². The second-order valence-corrected chi connectivity index (χ2v) is 3.63. The van der Waals surface area contributed by atoms with Gasteiger partial charge in [-0.25, -0.2) is 13.6 Å². The van der Waals surface area contributed by atoms with Crippen molar-refractivity contribution in [2.24, 2.45) is 0 Å². The fourth-order valence-electron chi connectivity index (χ4n) is 1.33. The minimum Gasteiger partial charge on any atom is -0.416 e. The molecule has 104 valence electrons. The Balaban J connectivity index is 2.37. The molecule has 2 rings (SSSR count). The molecule has 0 bridgehead atoms. The summed E-state index contributed by atoms with van der Waals surface area (Å²) < 4.78 is 56.6. The number of pyridine rings is 1. The van der Waals surface area contributed by atoms with Gasteiger partial charge in [-0.2, -0.15) is 8.78 Å². The van der Waals surface area contributed by atoms with Crippen molar-refractivity contribution in [3.63, 3.8) is 0 Å². The molecule has 0 unspecified atom stereocenters. The van der Waals surface area contributed by atoms with Gasteiger partial charge in [-0.05, 0) is 6.07 Å². The van der Waals surface area contributed by atoms with Crippen molar-refractivity contribution >= 4 is 5.97 Å². The number of hydrogen-bond donors (Lipinski definition) is 1. The minimum absolute atomic E-state index is 0.0119. The summed E-state index contributed by atoms with van der Waals surface area (Å²) in [6.07, 6.45) is 0.927. The highest BCUT2D eigenvalue weighted by molar-refractivity contribution is 5.90. The van der Waals surface area contributed by atoms with Crippen LogP contribution in [0.15, 0.2) is 29.2 Å². The first-order valence-corrected chi connectivity index (χ1v) is 5.14. The number of hydrogen-bond acceptors (Lipinski definition) is 3. The fourth-order valence-corrected chi connectivity index (χ4v) is 1.33. The summed E-state index contributed by atoms with van der Waals surface area (Å²) in [6, 6.07) is 1.98. The summed E-state index contributed by atoms with van der Waals surface area (Å²) in [6.45, 7) is 0. The number of H-pyrrole nitrogens is 1. The number of carbonyl (C=O) groups excluding carboxylic acids is 1. The molecule has 0 aliphatic rings. The quantitative estimate of drug-likeness (QED) is 0.398. The highest BCUT2D eigenvalue weighted by Crippen LogP contribution is 2.27. The average Bonchev–Trinajstić information content (AvgIpc) is 2.42. The molecule has 0 aliphatic carbocycles. The van der Waals surface area contributed by atoms with Crippen LogP contribution < -0.4 is 10.3 Å². The van der Waals surface area contributed by atoms with E-state index in [4.69, 9.17) is 0 Å². The first-order valence-electron chi connectivity index (χ1n) is 5.14. The van der Waals surface area contributed by atoms with Crippen molar-refractivity contribution in [1.29, 1.82) is 0 Å². The number of esters is 1. The lowest BCUT2D eigenvalue weighted by Crippen LogP contribution is -2.14. The van der Waals surface area contributed by atoms with Crippen molar-refractivity contribution in [1.82, 2.24) is 4.98 Å². The maximum Gasteiger partial charge on any atom is 0.345 e. The number of carbonyl (C=O) groups is 1. The van der Waals surface area contributed by atoms with Crippen LogP contribution in [0.1, 0.15) is 10.4 Å². The minimum atomic E-state index is -1.83. The van der Waals surface area contributed by atoms with Gasteiger partial charge in [0.25, 0.3) is 0 Å². The molecule has 0 fully saturated rings. The number of benzene rings is 1. The zero-order chi connectivity index (χ0) is 14.9. The molecule has 0 saturated heterocycles. The molecule has 20 heavy (non-hydrogen) atoms. The Morgan fingerprint density at radius 3 is 2.15 bits per heavy atom. The van der Waals surface area contributed by atoms with Crippen molar-refractivity contribution in [2.45, 2.75) is 0 Å². The summed E-state index contributed by atoms with van der Waals surface area (Å²) in [5, 5.41) is 0. The summed E-state index contributed by atoms with van der Waals surface area (Å²) in [7, 11) is 0. The zero-order valence-corrected chi connectivity index (χ0v) is 9.55. The maximum absolute atomic E-state index is 13.3. The molecular formula is C12H5F4NO3. The van der Waals surface area contributed by atoms with Gasteiger partial charge in [0.05, 0.1) is 5.56 Å². The number of aromatic amines is 1. The van der Waals surface area contributed by atoms with E-state index in [-0.39, 0.29) is 11.6 Å². The SMILES string of the molecule is O=C(Oc1c(F)c(F)cc(F)c1F)c1ccc(=O)[nH]c1. The normalized spacial score (nSPS) is 10.4. The fraction of sp³-hybridized carbons (Fsp3) is 0. The first kappa shape index (κ1) is 13.8. The molecule has 8 heteroatoms. The van der Waals surface area contributed by atoms with Crippen LogP contribution in [0.5, 0.6) is 5.75 Å². The van der Waals surface area contributed by atoms with E-state index < -0.39 is 40.5 Å². The standard InChI is InChI=1S/C12H5F4NO3/c13-6-3-7(14)10(16)11(9(6)15)20-12(19)5-1-2-8(18)17-4-5/h1-4H,(H,17,18). The molecular weight excluding hydrogens is 282 g/mol. The van der Waals surface area contributed by atoms with Gasteiger partial charge in [0.2, 0.25) is 22.9 Å². The smallest absolute Gasteiger partial charge is 0.345 e. The first-order chi connectivity index (χ1) is 9.40. The molecule has 1 heterocycles. The highest BCUT2D eigenvalue weighted by atomic mass is 19.2. The second-order valence-electron chi connectivity index (χ2n) is 3.63. The van der Waals surface area contributed by atoms with Crippen molar-refractivity contribution in [2.75, 3.05) is 0 Å².